The van der Waals surface area contributed by atoms with Gasteiger partial charge >= 0.3 is 5.97 Å². The lowest BCUT2D eigenvalue weighted by Crippen LogP contribution is -2.48. The number of carboxylic acids is 1. The fraction of sp³-hybridized carbons (Fsp3) is 0.370. The lowest BCUT2D eigenvalue weighted by molar-refractivity contribution is -0.145. The standard InChI is InChI=1S/C27H29F2N3O4.2ClH/c1-35-25-11-10-23-27(32-25)17(12-14-31-23)4-6-20-7-9-22(24(36-20)16-26(33)34)30-13-2-3-18-15-19(28)5-8-21(18)29;;/h2-3,5,8,10-12,14-15,20,22,24,30H,4,6-7,9,13,16H2,1H3,(H,33,34);2*1H/b3-2+;;/t20-,22-,24-;;/m1../s1. The molecule has 3 atom stereocenters. The largest absolute Gasteiger partial charge is 0.481 e. The molecule has 2 aromatic heterocycles. The van der Waals surface area contributed by atoms with Gasteiger partial charge in [-0.15, -0.1) is 24.8 Å². The van der Waals surface area contributed by atoms with Crippen LogP contribution in [0.2, 0.25) is 0 Å². The molecule has 1 fully saturated rings. The monoisotopic (exact) mass is 569 g/mol. The molecule has 1 saturated heterocycles. The number of nitrogens with one attached hydrogen (secondary N) is 1. The van der Waals surface area contributed by atoms with Gasteiger partial charge in [-0.25, -0.2) is 13.8 Å². The summed E-state index contributed by atoms with van der Waals surface area (Å²) in [6, 6.07) is 8.71. The van der Waals surface area contributed by atoms with Crippen molar-refractivity contribution in [1.82, 2.24) is 15.3 Å². The molecule has 0 bridgehead atoms. The molecule has 0 radical (unpaired) electrons. The molecule has 206 valence electrons. The SMILES string of the molecule is COc1ccc2nccc(CC[C@@H]3CC[C@@H](NC/C=C/c4cc(F)ccc4F)[C@@H](CC(=O)O)O3)c2n1.Cl.Cl. The van der Waals surface area contributed by atoms with Gasteiger partial charge < -0.3 is 19.9 Å². The number of halogens is 4. The number of carbonyl (C=O) groups is 1. The number of nitrogens with zero attached hydrogens (tertiary/aromatic N) is 2. The second-order valence-electron chi connectivity index (χ2n) is 8.78. The van der Waals surface area contributed by atoms with Gasteiger partial charge in [0.25, 0.3) is 0 Å². The third-order valence-corrected chi connectivity index (χ3v) is 6.33. The van der Waals surface area contributed by atoms with Crippen molar-refractivity contribution in [3.05, 3.63) is 71.4 Å². The van der Waals surface area contributed by atoms with Crippen molar-refractivity contribution in [2.45, 2.75) is 50.4 Å². The van der Waals surface area contributed by atoms with Crippen molar-refractivity contribution in [2.24, 2.45) is 0 Å². The highest BCUT2D eigenvalue weighted by atomic mass is 35.5. The molecular formula is C27H31Cl2F2N3O4. The lowest BCUT2D eigenvalue weighted by atomic mass is 9.93. The molecule has 38 heavy (non-hydrogen) atoms. The van der Waals surface area contributed by atoms with Crippen LogP contribution >= 0.6 is 24.8 Å². The van der Waals surface area contributed by atoms with Crippen LogP contribution < -0.4 is 10.1 Å². The van der Waals surface area contributed by atoms with Gasteiger partial charge in [-0.3, -0.25) is 9.78 Å². The highest BCUT2D eigenvalue weighted by molar-refractivity contribution is 5.85. The Bertz CT molecular complexity index is 1250. The number of fused-ring (bicyclic) bond motifs is 1. The molecule has 3 heterocycles. The predicted molar refractivity (Wildman–Crippen MR) is 146 cm³/mol. The molecule has 1 aliphatic heterocycles. The van der Waals surface area contributed by atoms with Crippen LogP contribution in [0, 0.1) is 11.6 Å². The quantitative estimate of drug-likeness (QED) is 0.338. The first-order chi connectivity index (χ1) is 17.4. The number of ether oxygens (including phenoxy) is 2. The van der Waals surface area contributed by atoms with Crippen molar-refractivity contribution in [2.75, 3.05) is 13.7 Å². The highest BCUT2D eigenvalue weighted by Crippen LogP contribution is 2.27. The molecule has 1 aliphatic rings. The Labute approximate surface area is 232 Å². The van der Waals surface area contributed by atoms with E-state index in [-0.39, 0.29) is 48.9 Å². The van der Waals surface area contributed by atoms with Crippen LogP contribution in [-0.2, 0) is 16.0 Å². The van der Waals surface area contributed by atoms with Crippen molar-refractivity contribution in [3.8, 4) is 5.88 Å². The average molecular weight is 570 g/mol. The van der Waals surface area contributed by atoms with Crippen LogP contribution in [0.4, 0.5) is 8.78 Å². The topological polar surface area (TPSA) is 93.6 Å². The molecule has 0 unspecified atom stereocenters. The van der Waals surface area contributed by atoms with Gasteiger partial charge in [-0.2, -0.15) is 0 Å². The molecule has 0 aliphatic carbocycles. The Kier molecular flexibility index (Phi) is 12.3. The van der Waals surface area contributed by atoms with Gasteiger partial charge in [0.15, 0.2) is 0 Å². The van der Waals surface area contributed by atoms with E-state index in [4.69, 9.17) is 9.47 Å². The van der Waals surface area contributed by atoms with Crippen molar-refractivity contribution in [1.29, 1.82) is 0 Å². The Morgan fingerprint density at radius 3 is 2.79 bits per heavy atom. The molecular weight excluding hydrogens is 539 g/mol. The first kappa shape index (κ1) is 31.4. The van der Waals surface area contributed by atoms with E-state index >= 15 is 0 Å². The van der Waals surface area contributed by atoms with Crippen molar-refractivity contribution in [3.63, 3.8) is 0 Å². The minimum atomic E-state index is -0.929. The van der Waals surface area contributed by atoms with E-state index in [1.807, 2.05) is 12.1 Å². The second kappa shape index (κ2) is 14.9. The van der Waals surface area contributed by atoms with Crippen LogP contribution in [0.3, 0.4) is 0 Å². The fourth-order valence-electron chi connectivity index (χ4n) is 4.51. The number of pyridine rings is 2. The van der Waals surface area contributed by atoms with Gasteiger partial charge in [-0.1, -0.05) is 12.2 Å². The number of carboxylic acid groups (broad SMARTS) is 1. The molecule has 0 amide bonds. The number of hydrogen-bond acceptors (Lipinski definition) is 6. The van der Waals surface area contributed by atoms with E-state index in [0.29, 0.717) is 18.8 Å². The third-order valence-electron chi connectivity index (χ3n) is 6.33. The first-order valence-electron chi connectivity index (χ1n) is 11.9. The summed E-state index contributed by atoms with van der Waals surface area (Å²) in [6.45, 7) is 0.376. The average Bonchev–Trinajstić information content (AvgIpc) is 2.87. The summed E-state index contributed by atoms with van der Waals surface area (Å²) in [4.78, 5) is 20.4. The summed E-state index contributed by atoms with van der Waals surface area (Å²) in [7, 11) is 1.57. The zero-order chi connectivity index (χ0) is 25.5. The minimum absolute atomic E-state index is 0. The van der Waals surface area contributed by atoms with E-state index in [2.05, 4.69) is 15.3 Å². The predicted octanol–water partition coefficient (Wildman–Crippen LogP) is 5.39. The Hall–Kier alpha value is -2.85. The molecule has 11 heteroatoms. The number of rotatable bonds is 10. The van der Waals surface area contributed by atoms with Crippen molar-refractivity contribution < 1.29 is 28.2 Å². The number of methoxy groups -OCH3 is 1. The Balaban J connectivity index is 0.00000253. The summed E-state index contributed by atoms with van der Waals surface area (Å²) >= 11 is 0. The molecule has 0 saturated carbocycles. The van der Waals surface area contributed by atoms with E-state index < -0.39 is 23.7 Å². The summed E-state index contributed by atoms with van der Waals surface area (Å²) < 4.78 is 38.6. The lowest BCUT2D eigenvalue weighted by Gasteiger charge is -2.36. The maximum atomic E-state index is 13.8. The number of aromatic nitrogens is 2. The molecule has 7 nitrogen and oxygen atoms in total. The van der Waals surface area contributed by atoms with Gasteiger partial charge in [0, 0.05) is 30.4 Å². The number of hydrogen-bond donors (Lipinski definition) is 2. The number of aryl methyl sites for hydroxylation is 1. The maximum Gasteiger partial charge on any atom is 0.306 e. The normalized spacial score (nSPS) is 19.1. The molecule has 2 N–H and O–H groups in total. The maximum absolute atomic E-state index is 13.8. The van der Waals surface area contributed by atoms with E-state index in [1.54, 1.807) is 25.4 Å². The van der Waals surface area contributed by atoms with Gasteiger partial charge in [-0.05, 0) is 61.6 Å². The summed E-state index contributed by atoms with van der Waals surface area (Å²) in [5.41, 5.74) is 2.77. The molecule has 3 aromatic rings. The summed E-state index contributed by atoms with van der Waals surface area (Å²) in [6.07, 6.45) is 7.21. The summed E-state index contributed by atoms with van der Waals surface area (Å²) in [5.74, 6) is -1.42. The van der Waals surface area contributed by atoms with Crippen LogP contribution in [0.5, 0.6) is 5.88 Å². The van der Waals surface area contributed by atoms with Crippen LogP contribution in [0.15, 0.2) is 48.7 Å². The zero-order valence-corrected chi connectivity index (χ0v) is 22.4. The minimum Gasteiger partial charge on any atom is -0.481 e. The van der Waals surface area contributed by atoms with Crippen molar-refractivity contribution >= 4 is 47.9 Å². The Morgan fingerprint density at radius 1 is 1.21 bits per heavy atom. The molecule has 4 rings (SSSR count). The van der Waals surface area contributed by atoms with E-state index in [0.717, 1.165) is 54.1 Å². The summed E-state index contributed by atoms with van der Waals surface area (Å²) in [5, 5.41) is 12.7. The second-order valence-corrected chi connectivity index (χ2v) is 8.78. The molecule has 1 aromatic carbocycles. The fourth-order valence-corrected chi connectivity index (χ4v) is 4.51. The highest BCUT2D eigenvalue weighted by Gasteiger charge is 2.32. The van der Waals surface area contributed by atoms with Gasteiger partial charge in [0.1, 0.15) is 11.6 Å². The van der Waals surface area contributed by atoms with E-state index in [1.165, 1.54) is 6.08 Å². The van der Waals surface area contributed by atoms with Crippen LogP contribution in [0.1, 0.15) is 36.8 Å². The third kappa shape index (κ3) is 8.33. The van der Waals surface area contributed by atoms with Crippen LogP contribution in [-0.4, -0.2) is 52.9 Å². The van der Waals surface area contributed by atoms with Crippen LogP contribution in [0.25, 0.3) is 17.1 Å². The number of benzene rings is 1. The number of aliphatic carboxylic acids is 1. The molecule has 0 spiro atoms. The van der Waals surface area contributed by atoms with Gasteiger partial charge in [0.2, 0.25) is 5.88 Å². The Morgan fingerprint density at radius 2 is 2.03 bits per heavy atom. The van der Waals surface area contributed by atoms with E-state index in [9.17, 15) is 18.7 Å². The zero-order valence-electron chi connectivity index (χ0n) is 20.8. The smallest absolute Gasteiger partial charge is 0.306 e. The first-order valence-corrected chi connectivity index (χ1v) is 11.9. The van der Waals surface area contributed by atoms with Gasteiger partial charge in [0.05, 0.1) is 36.8 Å².